The Kier molecular flexibility index (Phi) is 6.71. The molecule has 2 amide bonds. The van der Waals surface area contributed by atoms with E-state index in [9.17, 15) is 23.1 Å². The van der Waals surface area contributed by atoms with Crippen LogP contribution in [0.25, 0.3) is 10.8 Å². The number of fused-ring (bicyclic) bond motifs is 1. The number of piperazine rings is 1. The number of carbonyl (C=O) groups excluding carboxylic acids is 2. The highest BCUT2D eigenvalue weighted by molar-refractivity contribution is 7.91. The SMILES string of the molecule is O=C1CC(N2CCN(C(=O)[C@H](O)CS(=O)(=O)c3ccc4cc(Cl)ccc4c3)CC2)CCN1. The van der Waals surface area contributed by atoms with Gasteiger partial charge in [0.25, 0.3) is 5.91 Å². The second-order valence-corrected chi connectivity index (χ2v) is 10.8. The number of sulfone groups is 1. The van der Waals surface area contributed by atoms with Gasteiger partial charge < -0.3 is 15.3 Å². The Hall–Kier alpha value is -2.20. The molecule has 8 nitrogen and oxygen atoms in total. The monoisotopic (exact) mass is 479 g/mol. The number of hydrogen-bond acceptors (Lipinski definition) is 6. The molecule has 2 aromatic rings. The molecule has 2 heterocycles. The average Bonchev–Trinajstić information content (AvgIpc) is 2.78. The van der Waals surface area contributed by atoms with Gasteiger partial charge in [0, 0.05) is 50.2 Å². The highest BCUT2D eigenvalue weighted by Gasteiger charge is 2.33. The number of nitrogens with zero attached hydrogens (tertiary/aromatic N) is 2. The Labute approximate surface area is 192 Å². The van der Waals surface area contributed by atoms with Crippen molar-refractivity contribution in [3.05, 3.63) is 41.4 Å². The molecule has 32 heavy (non-hydrogen) atoms. The van der Waals surface area contributed by atoms with Crippen molar-refractivity contribution in [2.75, 3.05) is 38.5 Å². The maximum atomic E-state index is 12.8. The normalized spacial score (nSPS) is 21.4. The van der Waals surface area contributed by atoms with Crippen LogP contribution in [0.1, 0.15) is 12.8 Å². The van der Waals surface area contributed by atoms with Crippen molar-refractivity contribution in [1.29, 1.82) is 0 Å². The number of piperidine rings is 1. The van der Waals surface area contributed by atoms with Gasteiger partial charge in [-0.25, -0.2) is 8.42 Å². The lowest BCUT2D eigenvalue weighted by atomic mass is 10.0. The molecule has 4 rings (SSSR count). The molecule has 2 saturated heterocycles. The number of aliphatic hydroxyl groups is 1. The van der Waals surface area contributed by atoms with Gasteiger partial charge in [-0.3, -0.25) is 14.5 Å². The van der Waals surface area contributed by atoms with E-state index in [1.54, 1.807) is 24.3 Å². The van der Waals surface area contributed by atoms with E-state index in [1.165, 1.54) is 17.0 Å². The molecule has 2 aliphatic rings. The van der Waals surface area contributed by atoms with Gasteiger partial charge in [0.2, 0.25) is 5.91 Å². The first kappa shape index (κ1) is 23.0. The minimum absolute atomic E-state index is 0.0390. The lowest BCUT2D eigenvalue weighted by Gasteiger charge is -2.40. The summed E-state index contributed by atoms with van der Waals surface area (Å²) in [4.78, 5) is 28.1. The van der Waals surface area contributed by atoms with Crippen molar-refractivity contribution < 1.29 is 23.1 Å². The zero-order chi connectivity index (χ0) is 22.9. The Morgan fingerprint density at radius 2 is 1.81 bits per heavy atom. The number of rotatable bonds is 5. The van der Waals surface area contributed by atoms with E-state index in [1.807, 2.05) is 0 Å². The molecule has 0 saturated carbocycles. The molecular formula is C22H26ClN3O5S. The number of amides is 2. The zero-order valence-electron chi connectivity index (χ0n) is 17.5. The first-order valence-corrected chi connectivity index (χ1v) is 12.7. The van der Waals surface area contributed by atoms with Crippen molar-refractivity contribution in [2.24, 2.45) is 0 Å². The van der Waals surface area contributed by atoms with Crippen LogP contribution >= 0.6 is 11.6 Å². The summed E-state index contributed by atoms with van der Waals surface area (Å²) in [5.74, 6) is -1.21. The Morgan fingerprint density at radius 1 is 1.12 bits per heavy atom. The predicted octanol–water partition coefficient (Wildman–Crippen LogP) is 1.05. The topological polar surface area (TPSA) is 107 Å². The Morgan fingerprint density at radius 3 is 2.53 bits per heavy atom. The van der Waals surface area contributed by atoms with Crippen molar-refractivity contribution in [1.82, 2.24) is 15.1 Å². The Balaban J connectivity index is 1.37. The second-order valence-electron chi connectivity index (χ2n) is 8.31. The molecule has 0 aliphatic carbocycles. The van der Waals surface area contributed by atoms with Gasteiger partial charge >= 0.3 is 0 Å². The summed E-state index contributed by atoms with van der Waals surface area (Å²) >= 11 is 5.97. The smallest absolute Gasteiger partial charge is 0.252 e. The molecule has 0 aromatic heterocycles. The standard InChI is InChI=1S/C22H26ClN3O5S/c23-17-3-1-16-12-19(4-2-15(16)11-17)32(30,31)14-20(27)22(29)26-9-7-25(8-10-26)18-5-6-24-21(28)13-18/h1-4,11-12,18,20,27H,5-10,13-14H2,(H,24,28)/t18?,20-/m1/s1. The summed E-state index contributed by atoms with van der Waals surface area (Å²) in [6.07, 6.45) is -0.307. The number of nitrogens with one attached hydrogen (secondary N) is 1. The van der Waals surface area contributed by atoms with Gasteiger partial charge in [-0.2, -0.15) is 0 Å². The van der Waals surface area contributed by atoms with Crippen LogP contribution < -0.4 is 5.32 Å². The zero-order valence-corrected chi connectivity index (χ0v) is 19.1. The summed E-state index contributed by atoms with van der Waals surface area (Å²) in [6.45, 7) is 2.63. The van der Waals surface area contributed by atoms with Gasteiger partial charge in [0.15, 0.2) is 9.84 Å². The van der Waals surface area contributed by atoms with Crippen LogP contribution in [0.3, 0.4) is 0 Å². The Bertz CT molecular complexity index is 1130. The van der Waals surface area contributed by atoms with E-state index in [0.29, 0.717) is 49.6 Å². The number of carbonyl (C=O) groups is 2. The molecule has 0 bridgehead atoms. The molecule has 2 atom stereocenters. The minimum Gasteiger partial charge on any atom is -0.382 e. The van der Waals surface area contributed by atoms with E-state index in [2.05, 4.69) is 10.2 Å². The van der Waals surface area contributed by atoms with Gasteiger partial charge in [-0.05, 0) is 41.5 Å². The van der Waals surface area contributed by atoms with E-state index in [0.717, 1.165) is 11.8 Å². The summed E-state index contributed by atoms with van der Waals surface area (Å²) in [6, 6.07) is 9.96. The highest BCUT2D eigenvalue weighted by atomic mass is 35.5. The van der Waals surface area contributed by atoms with Crippen LogP contribution in [0, 0.1) is 0 Å². The maximum Gasteiger partial charge on any atom is 0.252 e. The maximum absolute atomic E-state index is 12.8. The van der Waals surface area contributed by atoms with Crippen LogP contribution in [0.15, 0.2) is 41.3 Å². The number of benzene rings is 2. The largest absolute Gasteiger partial charge is 0.382 e. The van der Waals surface area contributed by atoms with E-state index in [4.69, 9.17) is 11.6 Å². The third-order valence-corrected chi connectivity index (χ3v) is 8.12. The molecule has 2 aliphatic heterocycles. The van der Waals surface area contributed by atoms with Crippen molar-refractivity contribution >= 4 is 44.0 Å². The van der Waals surface area contributed by atoms with Crippen molar-refractivity contribution in [3.8, 4) is 0 Å². The van der Waals surface area contributed by atoms with Crippen LogP contribution in [-0.4, -0.2) is 85.8 Å². The lowest BCUT2D eigenvalue weighted by Crippen LogP contribution is -2.56. The van der Waals surface area contributed by atoms with Gasteiger partial charge in [0.1, 0.15) is 6.10 Å². The highest BCUT2D eigenvalue weighted by Crippen LogP contribution is 2.24. The fourth-order valence-corrected chi connectivity index (χ4v) is 5.87. The summed E-state index contributed by atoms with van der Waals surface area (Å²) in [5, 5.41) is 15.3. The summed E-state index contributed by atoms with van der Waals surface area (Å²) < 4.78 is 25.7. The lowest BCUT2D eigenvalue weighted by molar-refractivity contribution is -0.141. The van der Waals surface area contributed by atoms with Gasteiger partial charge in [0.05, 0.1) is 10.6 Å². The number of aliphatic hydroxyl groups excluding tert-OH is 1. The average molecular weight is 480 g/mol. The second kappa shape index (κ2) is 9.35. The van der Waals surface area contributed by atoms with Crippen LogP contribution in [-0.2, 0) is 19.4 Å². The molecule has 0 radical (unpaired) electrons. The van der Waals surface area contributed by atoms with Crippen LogP contribution in [0.5, 0.6) is 0 Å². The summed E-state index contributed by atoms with van der Waals surface area (Å²) in [7, 11) is -3.86. The van der Waals surface area contributed by atoms with Crippen molar-refractivity contribution in [3.63, 3.8) is 0 Å². The molecule has 1 unspecified atom stereocenters. The quantitative estimate of drug-likeness (QED) is 0.664. The fraction of sp³-hybridized carbons (Fsp3) is 0.455. The third-order valence-electron chi connectivity index (χ3n) is 6.16. The molecule has 2 N–H and O–H groups in total. The molecule has 10 heteroatoms. The third kappa shape index (κ3) is 5.06. The molecular weight excluding hydrogens is 454 g/mol. The van der Waals surface area contributed by atoms with E-state index in [-0.39, 0.29) is 16.8 Å². The van der Waals surface area contributed by atoms with E-state index >= 15 is 0 Å². The predicted molar refractivity (Wildman–Crippen MR) is 121 cm³/mol. The minimum atomic E-state index is -3.86. The first-order valence-electron chi connectivity index (χ1n) is 10.6. The fourth-order valence-electron chi connectivity index (χ4n) is 4.36. The molecule has 2 aromatic carbocycles. The molecule has 2 fully saturated rings. The molecule has 0 spiro atoms. The van der Waals surface area contributed by atoms with E-state index < -0.39 is 27.6 Å². The number of hydrogen-bond donors (Lipinski definition) is 2. The van der Waals surface area contributed by atoms with Gasteiger partial charge in [-0.15, -0.1) is 0 Å². The van der Waals surface area contributed by atoms with Gasteiger partial charge in [-0.1, -0.05) is 23.7 Å². The van der Waals surface area contributed by atoms with Crippen LogP contribution in [0.2, 0.25) is 5.02 Å². The van der Waals surface area contributed by atoms with Crippen molar-refractivity contribution in [2.45, 2.75) is 29.9 Å². The number of halogens is 1. The first-order chi connectivity index (χ1) is 15.2. The summed E-state index contributed by atoms with van der Waals surface area (Å²) in [5.41, 5.74) is 0. The van der Waals surface area contributed by atoms with Crippen LogP contribution in [0.4, 0.5) is 0 Å². The molecule has 172 valence electrons.